The highest BCUT2D eigenvalue weighted by atomic mass is 16.5. The molecule has 0 aromatic rings. The highest BCUT2D eigenvalue weighted by molar-refractivity contribution is 5.89. The van der Waals surface area contributed by atoms with Gasteiger partial charge in [-0.3, -0.25) is 0 Å². The molecule has 0 bridgehead atoms. The average Bonchev–Trinajstić information content (AvgIpc) is 3.35. The van der Waals surface area contributed by atoms with Crippen molar-refractivity contribution >= 4 is 5.97 Å². The summed E-state index contributed by atoms with van der Waals surface area (Å²) in [7, 11) is 0. The summed E-state index contributed by atoms with van der Waals surface area (Å²) in [5.41, 5.74) is 3.78. The van der Waals surface area contributed by atoms with E-state index < -0.39 is 18.3 Å². The Morgan fingerprint density at radius 2 is 2.00 bits per heavy atom. The van der Waals surface area contributed by atoms with Gasteiger partial charge in [0.2, 0.25) is 0 Å². The normalized spacial score (nSPS) is 40.1. The van der Waals surface area contributed by atoms with Gasteiger partial charge < -0.3 is 24.8 Å². The molecular weight excluding hydrogens is 456 g/mol. The molecule has 0 radical (unpaired) electrons. The van der Waals surface area contributed by atoms with Crippen LogP contribution in [0.3, 0.4) is 0 Å². The Morgan fingerprint density at radius 3 is 2.69 bits per heavy atom. The van der Waals surface area contributed by atoms with Crippen molar-refractivity contribution in [2.45, 2.75) is 96.1 Å². The van der Waals surface area contributed by atoms with Crippen LogP contribution >= 0.6 is 0 Å². The monoisotopic (exact) mass is 500 g/mol. The number of esters is 1. The molecule has 1 aliphatic heterocycles. The van der Waals surface area contributed by atoms with Crippen molar-refractivity contribution in [1.29, 1.82) is 0 Å². The first-order valence-corrected chi connectivity index (χ1v) is 13.7. The van der Waals surface area contributed by atoms with E-state index in [1.807, 2.05) is 0 Å². The fourth-order valence-corrected chi connectivity index (χ4v) is 7.50. The summed E-state index contributed by atoms with van der Waals surface area (Å²) in [5, 5.41) is 30.3. The maximum Gasteiger partial charge on any atom is 0.333 e. The summed E-state index contributed by atoms with van der Waals surface area (Å²) in [4.78, 5) is 11.8. The fourth-order valence-electron chi connectivity index (χ4n) is 7.50. The van der Waals surface area contributed by atoms with Crippen molar-refractivity contribution in [3.8, 4) is 0 Å². The first-order chi connectivity index (χ1) is 17.2. The second-order valence-electron chi connectivity index (χ2n) is 11.7. The Hall–Kier alpha value is -1.73. The molecule has 4 rings (SSSR count). The molecule has 0 aromatic heterocycles. The molecule has 4 aliphatic rings. The lowest BCUT2D eigenvalue weighted by Crippen LogP contribution is -2.45. The number of carbonyl (C=O) groups excluding carboxylic acids is 1. The van der Waals surface area contributed by atoms with Gasteiger partial charge >= 0.3 is 5.97 Å². The molecular formula is C30H44O6. The SMILES string of the molecule is C=C1C[C@H](C[C@@H](C)[C@H]2CC[C@H]3/C(=C/C=C4/C[C@@H](O)[C@H](OCCCO)[C@H](O)C4=C)CCC[C@]23C)OC1=O. The largest absolute Gasteiger partial charge is 0.459 e. The van der Waals surface area contributed by atoms with E-state index in [0.29, 0.717) is 54.8 Å². The molecule has 4 fully saturated rings. The van der Waals surface area contributed by atoms with E-state index >= 15 is 0 Å². The van der Waals surface area contributed by atoms with Gasteiger partial charge in [0.05, 0.1) is 6.10 Å². The van der Waals surface area contributed by atoms with Crippen LogP contribution in [-0.4, -0.2) is 58.9 Å². The van der Waals surface area contributed by atoms with Gasteiger partial charge in [0, 0.05) is 31.6 Å². The van der Waals surface area contributed by atoms with E-state index in [1.165, 1.54) is 24.8 Å². The first kappa shape index (κ1) is 27.3. The van der Waals surface area contributed by atoms with Gasteiger partial charge in [0.1, 0.15) is 18.3 Å². The third kappa shape index (κ3) is 5.42. The summed E-state index contributed by atoms with van der Waals surface area (Å²) in [5.74, 6) is 1.36. The van der Waals surface area contributed by atoms with Gasteiger partial charge in [-0.05, 0) is 79.3 Å². The molecule has 0 spiro atoms. The van der Waals surface area contributed by atoms with E-state index in [4.69, 9.17) is 14.6 Å². The van der Waals surface area contributed by atoms with Crippen LogP contribution in [0, 0.1) is 23.2 Å². The van der Waals surface area contributed by atoms with E-state index in [9.17, 15) is 15.0 Å². The van der Waals surface area contributed by atoms with Gasteiger partial charge in [-0.15, -0.1) is 0 Å². The number of fused-ring (bicyclic) bond motifs is 1. The van der Waals surface area contributed by atoms with Crippen molar-refractivity contribution in [2.75, 3.05) is 13.2 Å². The second kappa shape index (κ2) is 11.3. The van der Waals surface area contributed by atoms with E-state index in [-0.39, 0.29) is 24.1 Å². The number of ether oxygens (including phenoxy) is 2. The number of rotatable bonds is 8. The van der Waals surface area contributed by atoms with Gasteiger partial charge in [-0.1, -0.05) is 44.7 Å². The molecule has 1 saturated heterocycles. The average molecular weight is 501 g/mol. The quantitative estimate of drug-likeness (QED) is 0.260. The minimum absolute atomic E-state index is 0.0160. The zero-order chi connectivity index (χ0) is 26.0. The number of carbonyl (C=O) groups is 1. The highest BCUT2D eigenvalue weighted by Gasteiger charge is 2.51. The highest BCUT2D eigenvalue weighted by Crippen LogP contribution is 2.60. The second-order valence-corrected chi connectivity index (χ2v) is 11.7. The van der Waals surface area contributed by atoms with Crippen LogP contribution in [0.2, 0.25) is 0 Å². The Bertz CT molecular complexity index is 902. The topological polar surface area (TPSA) is 96.2 Å². The molecule has 200 valence electrons. The van der Waals surface area contributed by atoms with Crippen LogP contribution in [-0.2, 0) is 14.3 Å². The summed E-state index contributed by atoms with van der Waals surface area (Å²) < 4.78 is 11.2. The zero-order valence-electron chi connectivity index (χ0n) is 22.0. The molecule has 36 heavy (non-hydrogen) atoms. The maximum atomic E-state index is 11.8. The van der Waals surface area contributed by atoms with Gasteiger partial charge in [0.25, 0.3) is 0 Å². The van der Waals surface area contributed by atoms with Crippen LogP contribution in [0.1, 0.15) is 71.6 Å². The molecule has 3 saturated carbocycles. The first-order valence-electron chi connectivity index (χ1n) is 13.7. The maximum absolute atomic E-state index is 11.8. The molecule has 1 heterocycles. The van der Waals surface area contributed by atoms with Crippen molar-refractivity contribution in [3.05, 3.63) is 47.6 Å². The standard InChI is InChI=1S/C30H44O6/c1-18(15-23-16-19(2)29(34)36-23)24-10-11-25-21(7-5-12-30(24,25)4)8-9-22-17-26(32)28(27(33)20(22)3)35-14-6-13-31/h8-9,18,23-28,31-33H,2-3,5-7,10-17H2,1,4H3/b21-8+,22-9-/t18-,23+,24-,25+,26-,27-,28+,30-/m1/s1. The molecule has 8 atom stereocenters. The number of cyclic esters (lactones) is 1. The molecule has 3 aliphatic carbocycles. The minimum atomic E-state index is -0.953. The van der Waals surface area contributed by atoms with Crippen molar-refractivity contribution in [3.63, 3.8) is 0 Å². The number of aliphatic hydroxyl groups is 3. The summed E-state index contributed by atoms with van der Waals surface area (Å²) in [6.07, 6.45) is 10.0. The van der Waals surface area contributed by atoms with Crippen LogP contribution in [0.5, 0.6) is 0 Å². The lowest BCUT2D eigenvalue weighted by Gasteiger charge is -2.44. The smallest absolute Gasteiger partial charge is 0.333 e. The van der Waals surface area contributed by atoms with Crippen molar-refractivity contribution < 1.29 is 29.6 Å². The third-order valence-corrected chi connectivity index (χ3v) is 9.40. The lowest BCUT2D eigenvalue weighted by atomic mass is 9.60. The number of allylic oxidation sites excluding steroid dienone is 3. The Balaban J connectivity index is 1.43. The summed E-state index contributed by atoms with van der Waals surface area (Å²) in [6.45, 7) is 13.0. The molecule has 6 nitrogen and oxygen atoms in total. The molecule has 3 N–H and O–H groups in total. The number of hydrogen-bond acceptors (Lipinski definition) is 6. The Labute approximate surface area is 215 Å². The van der Waals surface area contributed by atoms with Crippen LogP contribution in [0.15, 0.2) is 47.6 Å². The molecule has 0 amide bonds. The van der Waals surface area contributed by atoms with Crippen molar-refractivity contribution in [2.24, 2.45) is 23.2 Å². The van der Waals surface area contributed by atoms with Crippen LogP contribution < -0.4 is 0 Å². The van der Waals surface area contributed by atoms with Crippen LogP contribution in [0.4, 0.5) is 0 Å². The minimum Gasteiger partial charge on any atom is -0.459 e. The fraction of sp³-hybridized carbons (Fsp3) is 0.700. The number of aliphatic hydroxyl groups excluding tert-OH is 3. The predicted molar refractivity (Wildman–Crippen MR) is 139 cm³/mol. The van der Waals surface area contributed by atoms with Gasteiger partial charge in [-0.25, -0.2) is 4.79 Å². The van der Waals surface area contributed by atoms with Crippen LogP contribution in [0.25, 0.3) is 0 Å². The summed E-state index contributed by atoms with van der Waals surface area (Å²) in [6, 6.07) is 0. The molecule has 0 aromatic carbocycles. The summed E-state index contributed by atoms with van der Waals surface area (Å²) >= 11 is 0. The van der Waals surface area contributed by atoms with Gasteiger partial charge in [0.15, 0.2) is 0 Å². The zero-order valence-corrected chi connectivity index (χ0v) is 22.0. The van der Waals surface area contributed by atoms with E-state index in [1.54, 1.807) is 0 Å². The predicted octanol–water partition coefficient (Wildman–Crippen LogP) is 4.40. The Kier molecular flexibility index (Phi) is 8.60. The third-order valence-electron chi connectivity index (χ3n) is 9.40. The lowest BCUT2D eigenvalue weighted by molar-refractivity contribution is -0.139. The van der Waals surface area contributed by atoms with Crippen molar-refractivity contribution in [1.82, 2.24) is 0 Å². The molecule has 6 heteroatoms. The number of hydrogen-bond donors (Lipinski definition) is 3. The Morgan fingerprint density at radius 1 is 1.22 bits per heavy atom. The molecule has 0 unspecified atom stereocenters. The van der Waals surface area contributed by atoms with Gasteiger partial charge in [-0.2, -0.15) is 0 Å². The van der Waals surface area contributed by atoms with E-state index in [0.717, 1.165) is 24.8 Å². The van der Waals surface area contributed by atoms with E-state index in [2.05, 4.69) is 39.2 Å².